The molecule has 4 N–H and O–H groups in total. The minimum atomic E-state index is -1.11. The lowest BCUT2D eigenvalue weighted by atomic mass is 10.1. The summed E-state index contributed by atoms with van der Waals surface area (Å²) >= 11 is 0. The van der Waals surface area contributed by atoms with Crippen molar-refractivity contribution in [1.82, 2.24) is 5.48 Å². The second kappa shape index (κ2) is 8.66. The summed E-state index contributed by atoms with van der Waals surface area (Å²) in [5.41, 5.74) is 7.42. The zero-order chi connectivity index (χ0) is 13.3. The lowest BCUT2D eigenvalue weighted by Crippen LogP contribution is -2.38. The van der Waals surface area contributed by atoms with Crippen molar-refractivity contribution in [2.45, 2.75) is 38.6 Å². The molecule has 1 atom stereocenters. The highest BCUT2D eigenvalue weighted by Crippen LogP contribution is 2.01. The molecule has 0 rings (SSSR count). The van der Waals surface area contributed by atoms with E-state index in [1.807, 2.05) is 0 Å². The normalized spacial score (nSPS) is 11.9. The van der Waals surface area contributed by atoms with Gasteiger partial charge in [-0.25, -0.2) is 4.79 Å². The fraction of sp³-hybridized carbons (Fsp3) is 0.700. The molecule has 0 radical (unpaired) electrons. The predicted molar refractivity (Wildman–Crippen MR) is 58.9 cm³/mol. The van der Waals surface area contributed by atoms with E-state index in [1.54, 1.807) is 0 Å². The SMILES string of the molecule is CC(=O)CC(=O)ONC(CCCCN)C(=O)O. The van der Waals surface area contributed by atoms with Crippen LogP contribution in [0.1, 0.15) is 32.6 Å². The van der Waals surface area contributed by atoms with Crippen LogP contribution in [0.3, 0.4) is 0 Å². The summed E-state index contributed by atoms with van der Waals surface area (Å²) in [6.45, 7) is 1.73. The minimum Gasteiger partial charge on any atom is -0.480 e. The van der Waals surface area contributed by atoms with Gasteiger partial charge in [0.25, 0.3) is 0 Å². The van der Waals surface area contributed by atoms with Crippen molar-refractivity contribution in [2.24, 2.45) is 5.73 Å². The maximum absolute atomic E-state index is 11.0. The van der Waals surface area contributed by atoms with Gasteiger partial charge < -0.3 is 15.7 Å². The predicted octanol–water partition coefficient (Wildman–Crippen LogP) is -0.404. The number of hydrogen-bond acceptors (Lipinski definition) is 6. The first-order valence-electron chi connectivity index (χ1n) is 5.35. The van der Waals surface area contributed by atoms with Gasteiger partial charge in [0, 0.05) is 0 Å². The van der Waals surface area contributed by atoms with E-state index in [0.29, 0.717) is 25.8 Å². The number of Topliss-reactive ketones (excluding diaryl/α,β-unsaturated/α-hetero) is 1. The van der Waals surface area contributed by atoms with Crippen molar-refractivity contribution >= 4 is 17.7 Å². The lowest BCUT2D eigenvalue weighted by molar-refractivity contribution is -0.158. The van der Waals surface area contributed by atoms with Crippen LogP contribution in [-0.4, -0.2) is 35.4 Å². The van der Waals surface area contributed by atoms with Gasteiger partial charge in [-0.1, -0.05) is 0 Å². The molecule has 0 aromatic rings. The summed E-state index contributed by atoms with van der Waals surface area (Å²) < 4.78 is 0. The van der Waals surface area contributed by atoms with Crippen LogP contribution < -0.4 is 11.2 Å². The van der Waals surface area contributed by atoms with Crippen LogP contribution in [0.25, 0.3) is 0 Å². The summed E-state index contributed by atoms with van der Waals surface area (Å²) in [7, 11) is 0. The molecular weight excluding hydrogens is 228 g/mol. The molecule has 17 heavy (non-hydrogen) atoms. The summed E-state index contributed by atoms with van der Waals surface area (Å²) in [6, 6.07) is -0.975. The summed E-state index contributed by atoms with van der Waals surface area (Å²) in [5, 5.41) is 8.82. The zero-order valence-electron chi connectivity index (χ0n) is 9.77. The van der Waals surface area contributed by atoms with E-state index in [0.717, 1.165) is 0 Å². The molecule has 0 aliphatic heterocycles. The molecule has 0 aliphatic rings. The average Bonchev–Trinajstić information content (AvgIpc) is 2.21. The fourth-order valence-corrected chi connectivity index (χ4v) is 1.10. The third kappa shape index (κ3) is 8.35. The van der Waals surface area contributed by atoms with Crippen LogP contribution >= 0.6 is 0 Å². The highest BCUT2D eigenvalue weighted by atomic mass is 16.7. The molecular formula is C10H18N2O5. The molecule has 7 heteroatoms. The van der Waals surface area contributed by atoms with Crippen molar-refractivity contribution in [3.05, 3.63) is 0 Å². The molecule has 0 aromatic carbocycles. The third-order valence-corrected chi connectivity index (χ3v) is 1.95. The Morgan fingerprint density at radius 2 is 2.00 bits per heavy atom. The van der Waals surface area contributed by atoms with Gasteiger partial charge in [-0.05, 0) is 32.7 Å². The number of rotatable bonds is 9. The lowest BCUT2D eigenvalue weighted by Gasteiger charge is -2.13. The Kier molecular flexibility index (Phi) is 7.91. The van der Waals surface area contributed by atoms with Crippen LogP contribution in [-0.2, 0) is 19.2 Å². The molecule has 0 aliphatic carbocycles. The first kappa shape index (κ1) is 15.5. The Balaban J connectivity index is 3.96. The molecule has 1 unspecified atom stereocenters. The van der Waals surface area contributed by atoms with Crippen LogP contribution in [0, 0.1) is 0 Å². The summed E-state index contributed by atoms with van der Waals surface area (Å²) in [4.78, 5) is 36.8. The highest BCUT2D eigenvalue weighted by molar-refractivity contribution is 5.94. The second-order valence-corrected chi connectivity index (χ2v) is 3.65. The van der Waals surface area contributed by atoms with E-state index in [9.17, 15) is 14.4 Å². The molecule has 0 aromatic heterocycles. The Morgan fingerprint density at radius 1 is 1.35 bits per heavy atom. The summed E-state index contributed by atoms with van der Waals surface area (Å²) in [5.74, 6) is -2.24. The quantitative estimate of drug-likeness (QED) is 0.287. The molecule has 0 amide bonds. The van der Waals surface area contributed by atoms with Crippen LogP contribution in [0.15, 0.2) is 0 Å². The second-order valence-electron chi connectivity index (χ2n) is 3.65. The smallest absolute Gasteiger partial charge is 0.332 e. The number of carbonyl (C=O) groups is 3. The Hall–Kier alpha value is -1.47. The number of carbonyl (C=O) groups excluding carboxylic acids is 2. The van der Waals surface area contributed by atoms with E-state index >= 15 is 0 Å². The molecule has 98 valence electrons. The van der Waals surface area contributed by atoms with E-state index in [1.165, 1.54) is 6.92 Å². The maximum atomic E-state index is 11.0. The number of nitrogens with one attached hydrogen (secondary N) is 1. The number of unbranched alkanes of at least 4 members (excludes halogenated alkanes) is 1. The minimum absolute atomic E-state index is 0.305. The van der Waals surface area contributed by atoms with Crippen molar-refractivity contribution in [3.8, 4) is 0 Å². The molecule has 0 spiro atoms. The number of carboxylic acids is 1. The monoisotopic (exact) mass is 246 g/mol. The highest BCUT2D eigenvalue weighted by Gasteiger charge is 2.19. The molecule has 0 bridgehead atoms. The number of ketones is 1. The van der Waals surface area contributed by atoms with Crippen LogP contribution in [0.2, 0.25) is 0 Å². The van der Waals surface area contributed by atoms with E-state index < -0.39 is 18.0 Å². The molecule has 0 saturated carbocycles. The van der Waals surface area contributed by atoms with Crippen LogP contribution in [0.4, 0.5) is 0 Å². The van der Waals surface area contributed by atoms with Gasteiger partial charge in [0.1, 0.15) is 18.2 Å². The number of hydroxylamine groups is 1. The van der Waals surface area contributed by atoms with Crippen molar-refractivity contribution < 1.29 is 24.3 Å². The van der Waals surface area contributed by atoms with E-state index in [2.05, 4.69) is 10.3 Å². The van der Waals surface area contributed by atoms with Gasteiger partial charge in [-0.3, -0.25) is 9.59 Å². The first-order chi connectivity index (χ1) is 7.97. The molecule has 0 saturated heterocycles. The average molecular weight is 246 g/mol. The molecule has 0 fully saturated rings. The van der Waals surface area contributed by atoms with E-state index in [4.69, 9.17) is 10.8 Å². The van der Waals surface area contributed by atoms with Gasteiger partial charge in [-0.2, -0.15) is 0 Å². The maximum Gasteiger partial charge on any atom is 0.332 e. The van der Waals surface area contributed by atoms with Gasteiger partial charge >= 0.3 is 11.9 Å². The topological polar surface area (TPSA) is 119 Å². The standard InChI is InChI=1S/C10H18N2O5/c1-7(13)6-9(14)17-12-8(10(15)16)4-2-3-5-11/h8,12H,2-6,11H2,1H3,(H,15,16). The van der Waals surface area contributed by atoms with Gasteiger partial charge in [0.05, 0.1) is 0 Å². The van der Waals surface area contributed by atoms with Crippen LogP contribution in [0.5, 0.6) is 0 Å². The number of nitrogens with two attached hydrogens (primary N) is 1. The van der Waals surface area contributed by atoms with E-state index in [-0.39, 0.29) is 12.2 Å². The van der Waals surface area contributed by atoms with Gasteiger partial charge in [-0.15, -0.1) is 5.48 Å². The van der Waals surface area contributed by atoms with Crippen molar-refractivity contribution in [1.29, 1.82) is 0 Å². The number of hydrogen-bond donors (Lipinski definition) is 3. The number of carboxylic acid groups (broad SMARTS) is 1. The molecule has 0 heterocycles. The largest absolute Gasteiger partial charge is 0.480 e. The Labute approximate surface area is 99.3 Å². The van der Waals surface area contributed by atoms with Gasteiger partial charge in [0.2, 0.25) is 0 Å². The zero-order valence-corrected chi connectivity index (χ0v) is 9.77. The number of aliphatic carboxylic acids is 1. The summed E-state index contributed by atoms with van der Waals surface area (Å²) in [6.07, 6.45) is 1.25. The van der Waals surface area contributed by atoms with Gasteiger partial charge in [0.15, 0.2) is 0 Å². The van der Waals surface area contributed by atoms with Crippen molar-refractivity contribution in [3.63, 3.8) is 0 Å². The Morgan fingerprint density at radius 3 is 2.47 bits per heavy atom. The fourth-order valence-electron chi connectivity index (χ4n) is 1.10. The Bertz CT molecular complexity index is 280. The third-order valence-electron chi connectivity index (χ3n) is 1.95. The first-order valence-corrected chi connectivity index (χ1v) is 5.35. The molecule has 7 nitrogen and oxygen atoms in total. The van der Waals surface area contributed by atoms with Crippen molar-refractivity contribution in [2.75, 3.05) is 6.54 Å².